The number of rotatable bonds is 6. The van der Waals surface area contributed by atoms with Crippen molar-refractivity contribution in [3.63, 3.8) is 0 Å². The van der Waals surface area contributed by atoms with Crippen LogP contribution in [-0.2, 0) is 33.7 Å². The third kappa shape index (κ3) is 5.45. The maximum Gasteiger partial charge on any atom is 0.338 e. The molecule has 0 saturated carbocycles. The number of nitrogens with zero attached hydrogens (tertiary/aromatic N) is 3. The minimum absolute atomic E-state index is 0.0204. The highest BCUT2D eigenvalue weighted by atomic mass is 32.2. The van der Waals surface area contributed by atoms with Crippen molar-refractivity contribution in [2.45, 2.75) is 25.2 Å². The molecule has 1 N–H and O–H groups in total. The van der Waals surface area contributed by atoms with Crippen LogP contribution in [0.1, 0.15) is 30.6 Å². The highest BCUT2D eigenvalue weighted by Crippen LogP contribution is 2.27. The zero-order chi connectivity index (χ0) is 25.2. The SMILES string of the molecule is CC1CC(C)CN(S(=O)(=O)c2cccc(C(=O)OCC(=O)Nc3cc(=O)n(C)c(=O)n3C)c2)C1. The number of carbonyl (C=O) groups excluding carboxylic acids is 2. The van der Waals surface area contributed by atoms with Crippen LogP contribution >= 0.6 is 0 Å². The van der Waals surface area contributed by atoms with E-state index in [9.17, 15) is 27.6 Å². The molecule has 1 saturated heterocycles. The van der Waals surface area contributed by atoms with E-state index >= 15 is 0 Å². The van der Waals surface area contributed by atoms with Crippen molar-refractivity contribution in [1.29, 1.82) is 0 Å². The summed E-state index contributed by atoms with van der Waals surface area (Å²) in [4.78, 5) is 48.3. The number of carbonyl (C=O) groups is 2. The third-order valence-electron chi connectivity index (χ3n) is 5.67. The van der Waals surface area contributed by atoms with E-state index < -0.39 is 39.8 Å². The molecule has 184 valence electrons. The van der Waals surface area contributed by atoms with Gasteiger partial charge >= 0.3 is 11.7 Å². The highest BCUT2D eigenvalue weighted by Gasteiger charge is 2.32. The van der Waals surface area contributed by atoms with Crippen LogP contribution in [0.3, 0.4) is 0 Å². The second-order valence-electron chi connectivity index (χ2n) is 8.69. The van der Waals surface area contributed by atoms with Crippen molar-refractivity contribution in [1.82, 2.24) is 13.4 Å². The van der Waals surface area contributed by atoms with Crippen molar-refractivity contribution in [2.24, 2.45) is 25.9 Å². The Kier molecular flexibility index (Phi) is 7.41. The molecule has 1 aromatic carbocycles. The number of benzene rings is 1. The number of piperidine rings is 1. The zero-order valence-electron chi connectivity index (χ0n) is 19.5. The number of sulfonamides is 1. The van der Waals surface area contributed by atoms with E-state index in [1.807, 2.05) is 13.8 Å². The molecule has 12 heteroatoms. The molecule has 0 spiro atoms. The molecule has 2 aromatic rings. The molecular formula is C22H28N4O7S. The lowest BCUT2D eigenvalue weighted by atomic mass is 9.94. The van der Waals surface area contributed by atoms with E-state index in [0.29, 0.717) is 13.1 Å². The fraction of sp³-hybridized carbons (Fsp3) is 0.455. The Balaban J connectivity index is 1.68. The molecule has 2 atom stereocenters. The first kappa shape index (κ1) is 25.4. The summed E-state index contributed by atoms with van der Waals surface area (Å²) in [7, 11) is -1.11. The van der Waals surface area contributed by atoms with Gasteiger partial charge in [0.15, 0.2) is 6.61 Å². The summed E-state index contributed by atoms with van der Waals surface area (Å²) in [5.41, 5.74) is -1.26. The van der Waals surface area contributed by atoms with E-state index in [1.165, 1.54) is 42.7 Å². The molecule has 1 aliphatic heterocycles. The van der Waals surface area contributed by atoms with E-state index in [0.717, 1.165) is 21.6 Å². The largest absolute Gasteiger partial charge is 0.452 e. The number of hydrogen-bond acceptors (Lipinski definition) is 7. The van der Waals surface area contributed by atoms with Gasteiger partial charge in [-0.25, -0.2) is 18.0 Å². The maximum absolute atomic E-state index is 13.1. The fourth-order valence-electron chi connectivity index (χ4n) is 3.98. The Morgan fingerprint density at radius 2 is 1.71 bits per heavy atom. The molecule has 34 heavy (non-hydrogen) atoms. The molecule has 1 aliphatic rings. The van der Waals surface area contributed by atoms with Gasteiger partial charge in [0, 0.05) is 33.3 Å². The fourth-order valence-corrected chi connectivity index (χ4v) is 5.71. The van der Waals surface area contributed by atoms with Gasteiger partial charge in [-0.15, -0.1) is 0 Å². The molecule has 1 fully saturated rings. The lowest BCUT2D eigenvalue weighted by molar-refractivity contribution is -0.119. The molecule has 2 unspecified atom stereocenters. The number of aromatic nitrogens is 2. The second-order valence-corrected chi connectivity index (χ2v) is 10.6. The molecular weight excluding hydrogens is 464 g/mol. The van der Waals surface area contributed by atoms with Crippen LogP contribution in [0.25, 0.3) is 0 Å². The molecule has 1 amide bonds. The minimum atomic E-state index is -3.79. The lowest BCUT2D eigenvalue weighted by Gasteiger charge is -2.34. The highest BCUT2D eigenvalue weighted by molar-refractivity contribution is 7.89. The number of ether oxygens (including phenoxy) is 1. The molecule has 11 nitrogen and oxygen atoms in total. The standard InChI is InChI=1S/C22H28N4O7S/c1-14-8-15(2)12-26(11-14)34(31,32)17-7-5-6-16(9-17)21(29)33-13-19(27)23-18-10-20(28)25(4)22(30)24(18)3/h5-7,9-10,14-15H,8,11-13H2,1-4H3,(H,23,27). The van der Waals surface area contributed by atoms with Gasteiger partial charge in [0.1, 0.15) is 5.82 Å². The van der Waals surface area contributed by atoms with Crippen LogP contribution in [0.2, 0.25) is 0 Å². The Labute approximate surface area is 197 Å². The first-order chi connectivity index (χ1) is 15.9. The van der Waals surface area contributed by atoms with Crippen molar-refractivity contribution >= 4 is 27.7 Å². The van der Waals surface area contributed by atoms with Crippen LogP contribution in [-0.4, -0.2) is 53.4 Å². The third-order valence-corrected chi connectivity index (χ3v) is 7.50. The summed E-state index contributed by atoms with van der Waals surface area (Å²) in [6, 6.07) is 6.54. The van der Waals surface area contributed by atoms with Crippen LogP contribution in [0.4, 0.5) is 5.82 Å². The predicted molar refractivity (Wildman–Crippen MR) is 124 cm³/mol. The van der Waals surface area contributed by atoms with Gasteiger partial charge in [-0.1, -0.05) is 19.9 Å². The molecule has 3 rings (SSSR count). The average molecular weight is 493 g/mol. The quantitative estimate of drug-likeness (QED) is 0.581. The summed E-state index contributed by atoms with van der Waals surface area (Å²) in [6.07, 6.45) is 0.951. The Bertz CT molecular complexity index is 1320. The maximum atomic E-state index is 13.1. The van der Waals surface area contributed by atoms with Crippen molar-refractivity contribution in [3.05, 3.63) is 56.7 Å². The molecule has 0 aliphatic carbocycles. The minimum Gasteiger partial charge on any atom is -0.452 e. The van der Waals surface area contributed by atoms with Gasteiger partial charge in [0.05, 0.1) is 10.5 Å². The van der Waals surface area contributed by atoms with Crippen LogP contribution < -0.4 is 16.6 Å². The summed E-state index contributed by atoms with van der Waals surface area (Å²) in [6.45, 7) is 4.13. The summed E-state index contributed by atoms with van der Waals surface area (Å²) in [5, 5.41) is 2.34. The predicted octanol–water partition coefficient (Wildman–Crippen LogP) is 0.546. The van der Waals surface area contributed by atoms with Gasteiger partial charge in [-0.2, -0.15) is 4.31 Å². The van der Waals surface area contributed by atoms with E-state index in [1.54, 1.807) is 0 Å². The molecule has 0 radical (unpaired) electrons. The summed E-state index contributed by atoms with van der Waals surface area (Å²) >= 11 is 0. The van der Waals surface area contributed by atoms with Gasteiger partial charge in [-0.05, 0) is 36.5 Å². The lowest BCUT2D eigenvalue weighted by Crippen LogP contribution is -2.42. The first-order valence-electron chi connectivity index (χ1n) is 10.7. The smallest absolute Gasteiger partial charge is 0.338 e. The Hall–Kier alpha value is -3.25. The number of esters is 1. The number of amides is 1. The number of hydrogen-bond donors (Lipinski definition) is 1. The van der Waals surface area contributed by atoms with E-state index in [4.69, 9.17) is 4.74 Å². The number of nitrogens with one attached hydrogen (secondary N) is 1. The van der Waals surface area contributed by atoms with E-state index in [-0.39, 0.29) is 28.1 Å². The summed E-state index contributed by atoms with van der Waals surface area (Å²) in [5.74, 6) is -1.24. The van der Waals surface area contributed by atoms with Crippen molar-refractivity contribution < 1.29 is 22.7 Å². The molecule has 2 heterocycles. The summed E-state index contributed by atoms with van der Waals surface area (Å²) < 4.78 is 34.6. The van der Waals surface area contributed by atoms with Gasteiger partial charge in [0.2, 0.25) is 10.0 Å². The first-order valence-corrected chi connectivity index (χ1v) is 12.2. The molecule has 0 bridgehead atoms. The van der Waals surface area contributed by atoms with Gasteiger partial charge in [0.25, 0.3) is 11.5 Å². The zero-order valence-corrected chi connectivity index (χ0v) is 20.3. The van der Waals surface area contributed by atoms with E-state index in [2.05, 4.69) is 5.32 Å². The van der Waals surface area contributed by atoms with Gasteiger partial charge in [-0.3, -0.25) is 18.7 Å². The van der Waals surface area contributed by atoms with Gasteiger partial charge < -0.3 is 10.1 Å². The second kappa shape index (κ2) is 9.94. The average Bonchev–Trinajstić information content (AvgIpc) is 2.79. The monoisotopic (exact) mass is 492 g/mol. The topological polar surface area (TPSA) is 137 Å². The van der Waals surface area contributed by atoms with Crippen molar-refractivity contribution in [2.75, 3.05) is 25.0 Å². The Morgan fingerprint density at radius 3 is 2.35 bits per heavy atom. The van der Waals surface area contributed by atoms with Crippen LogP contribution in [0, 0.1) is 11.8 Å². The normalized spacial score (nSPS) is 18.9. The van der Waals surface area contributed by atoms with Crippen molar-refractivity contribution in [3.8, 4) is 0 Å². The van der Waals surface area contributed by atoms with Crippen LogP contribution in [0.5, 0.6) is 0 Å². The Morgan fingerprint density at radius 1 is 1.06 bits per heavy atom. The van der Waals surface area contributed by atoms with Crippen LogP contribution in [0.15, 0.2) is 44.8 Å². The molecule has 1 aromatic heterocycles. The number of anilines is 1.